The van der Waals surface area contributed by atoms with E-state index < -0.39 is 36.4 Å². The standard InChI is InChI=1S/C14H22BF3O2/c1-13(2)14(3,4)20-15(19-13)11(16)9-5-7-10(8-6-9)12(17)18/h10,12H,5-8H2,1-4H3. The molecule has 0 aromatic rings. The number of hydrogen-bond donors (Lipinski definition) is 0. The fraction of sp³-hybridized carbons (Fsp3) is 0.857. The maximum atomic E-state index is 14.5. The van der Waals surface area contributed by atoms with Crippen molar-refractivity contribution >= 4 is 7.12 Å². The summed E-state index contributed by atoms with van der Waals surface area (Å²) in [6, 6.07) is 0. The zero-order chi connectivity index (χ0) is 15.1. The Morgan fingerprint density at radius 3 is 1.95 bits per heavy atom. The fourth-order valence-corrected chi connectivity index (χ4v) is 2.59. The van der Waals surface area contributed by atoms with Gasteiger partial charge in [0.1, 0.15) is 5.73 Å². The molecule has 0 radical (unpaired) electrons. The quantitative estimate of drug-likeness (QED) is 0.706. The van der Waals surface area contributed by atoms with Gasteiger partial charge in [0.05, 0.1) is 11.2 Å². The molecule has 1 saturated heterocycles. The van der Waals surface area contributed by atoms with Crippen LogP contribution in [0, 0.1) is 5.92 Å². The molecule has 0 bridgehead atoms. The molecule has 114 valence electrons. The second-order valence-electron chi connectivity index (χ2n) is 6.71. The highest BCUT2D eigenvalue weighted by molar-refractivity contribution is 6.53. The van der Waals surface area contributed by atoms with Crippen LogP contribution in [0.4, 0.5) is 13.2 Å². The van der Waals surface area contributed by atoms with Crippen molar-refractivity contribution < 1.29 is 22.5 Å². The van der Waals surface area contributed by atoms with E-state index in [9.17, 15) is 13.2 Å². The fourth-order valence-electron chi connectivity index (χ4n) is 2.59. The van der Waals surface area contributed by atoms with Crippen LogP contribution in [0.5, 0.6) is 0 Å². The van der Waals surface area contributed by atoms with Crippen LogP contribution < -0.4 is 0 Å². The molecule has 0 unspecified atom stereocenters. The topological polar surface area (TPSA) is 18.5 Å². The second-order valence-corrected chi connectivity index (χ2v) is 6.71. The normalized spacial score (nSPS) is 29.1. The van der Waals surface area contributed by atoms with E-state index in [1.54, 1.807) is 0 Å². The summed E-state index contributed by atoms with van der Waals surface area (Å²) in [6.07, 6.45) is -0.910. The molecule has 0 atom stereocenters. The summed E-state index contributed by atoms with van der Waals surface area (Å²) in [6.45, 7) is 7.44. The molecular weight excluding hydrogens is 268 g/mol. The van der Waals surface area contributed by atoms with E-state index in [1.165, 1.54) is 0 Å². The maximum absolute atomic E-state index is 14.5. The van der Waals surface area contributed by atoms with Crippen LogP contribution >= 0.6 is 0 Å². The van der Waals surface area contributed by atoms with Gasteiger partial charge in [-0.2, -0.15) is 0 Å². The molecular formula is C14H22BF3O2. The Hall–Kier alpha value is -0.485. The lowest BCUT2D eigenvalue weighted by atomic mass is 9.77. The van der Waals surface area contributed by atoms with E-state index in [1.807, 2.05) is 27.7 Å². The monoisotopic (exact) mass is 290 g/mol. The van der Waals surface area contributed by atoms with Crippen LogP contribution in [0.25, 0.3) is 0 Å². The average molecular weight is 290 g/mol. The molecule has 6 heteroatoms. The third-order valence-electron chi connectivity index (χ3n) is 4.79. The molecule has 2 fully saturated rings. The highest BCUT2D eigenvalue weighted by Crippen LogP contribution is 2.41. The molecule has 2 aliphatic rings. The van der Waals surface area contributed by atoms with Crippen LogP contribution in [0.3, 0.4) is 0 Å². The van der Waals surface area contributed by atoms with Crippen molar-refractivity contribution in [1.29, 1.82) is 0 Å². The molecule has 0 aromatic heterocycles. The average Bonchev–Trinajstić information content (AvgIpc) is 2.57. The molecule has 1 heterocycles. The highest BCUT2D eigenvalue weighted by atomic mass is 19.3. The van der Waals surface area contributed by atoms with Crippen LogP contribution in [0.2, 0.25) is 0 Å². The Labute approximate surface area is 118 Å². The van der Waals surface area contributed by atoms with Gasteiger partial charge in [0, 0.05) is 5.92 Å². The van der Waals surface area contributed by atoms with E-state index >= 15 is 0 Å². The van der Waals surface area contributed by atoms with Gasteiger partial charge in [0.15, 0.2) is 0 Å². The largest absolute Gasteiger partial charge is 0.525 e. The molecule has 0 aromatic carbocycles. The zero-order valence-corrected chi connectivity index (χ0v) is 12.5. The van der Waals surface area contributed by atoms with Gasteiger partial charge >= 0.3 is 7.12 Å². The van der Waals surface area contributed by atoms with Gasteiger partial charge in [-0.05, 0) is 59.0 Å². The summed E-state index contributed by atoms with van der Waals surface area (Å²) < 4.78 is 50.9. The molecule has 1 aliphatic heterocycles. The van der Waals surface area contributed by atoms with Crippen molar-refractivity contribution in [3.05, 3.63) is 11.3 Å². The van der Waals surface area contributed by atoms with Gasteiger partial charge in [-0.25, -0.2) is 13.2 Å². The highest BCUT2D eigenvalue weighted by Gasteiger charge is 2.53. The number of hydrogen-bond acceptors (Lipinski definition) is 2. The molecule has 20 heavy (non-hydrogen) atoms. The first-order chi connectivity index (χ1) is 9.14. The predicted octanol–water partition coefficient (Wildman–Crippen LogP) is 4.30. The first-order valence-electron chi connectivity index (χ1n) is 7.15. The van der Waals surface area contributed by atoms with Gasteiger partial charge in [0.2, 0.25) is 6.43 Å². The lowest BCUT2D eigenvalue weighted by Crippen LogP contribution is -2.41. The third kappa shape index (κ3) is 2.91. The molecule has 1 aliphatic carbocycles. The Morgan fingerprint density at radius 2 is 1.55 bits per heavy atom. The number of allylic oxidation sites excluding steroid dienone is 1. The zero-order valence-electron chi connectivity index (χ0n) is 12.5. The van der Waals surface area contributed by atoms with Crippen LogP contribution in [-0.4, -0.2) is 24.7 Å². The number of rotatable bonds is 2. The summed E-state index contributed by atoms with van der Waals surface area (Å²) in [5.74, 6) is -0.607. The first kappa shape index (κ1) is 15.9. The van der Waals surface area contributed by atoms with Crippen LogP contribution in [0.15, 0.2) is 11.3 Å². The Bertz CT molecular complexity index is 381. The van der Waals surface area contributed by atoms with E-state index in [2.05, 4.69) is 0 Å². The Kier molecular flexibility index (Phi) is 4.27. The predicted molar refractivity (Wildman–Crippen MR) is 72.2 cm³/mol. The van der Waals surface area contributed by atoms with Gasteiger partial charge in [0.25, 0.3) is 0 Å². The smallest absolute Gasteiger partial charge is 0.398 e. The van der Waals surface area contributed by atoms with Crippen LogP contribution in [0.1, 0.15) is 53.4 Å². The van der Waals surface area contributed by atoms with Gasteiger partial charge in [-0.15, -0.1) is 0 Å². The lowest BCUT2D eigenvalue weighted by Gasteiger charge is -2.32. The van der Waals surface area contributed by atoms with Crippen molar-refractivity contribution in [1.82, 2.24) is 0 Å². The Balaban J connectivity index is 2.06. The second kappa shape index (κ2) is 5.37. The summed E-state index contributed by atoms with van der Waals surface area (Å²) >= 11 is 0. The molecule has 1 saturated carbocycles. The molecule has 2 nitrogen and oxygen atoms in total. The number of alkyl halides is 2. The van der Waals surface area contributed by atoms with E-state index in [4.69, 9.17) is 9.31 Å². The van der Waals surface area contributed by atoms with E-state index in [0.717, 1.165) is 0 Å². The van der Waals surface area contributed by atoms with Crippen molar-refractivity contribution in [2.75, 3.05) is 0 Å². The molecule has 0 spiro atoms. The molecule has 0 amide bonds. The minimum Gasteiger partial charge on any atom is -0.398 e. The lowest BCUT2D eigenvalue weighted by molar-refractivity contribution is 0.00578. The Morgan fingerprint density at radius 1 is 1.10 bits per heavy atom. The van der Waals surface area contributed by atoms with Gasteiger partial charge in [-0.3, -0.25) is 0 Å². The summed E-state index contributed by atoms with van der Waals surface area (Å²) in [7, 11) is -1.00. The van der Waals surface area contributed by atoms with Gasteiger partial charge in [-0.1, -0.05) is 0 Å². The SMILES string of the molecule is CC1(C)OB(C(F)=C2CCC(C(F)F)CC2)OC1(C)C. The summed E-state index contributed by atoms with van der Waals surface area (Å²) in [4.78, 5) is 0. The van der Waals surface area contributed by atoms with Crippen molar-refractivity contribution in [2.45, 2.75) is 71.0 Å². The van der Waals surface area contributed by atoms with Gasteiger partial charge < -0.3 is 9.31 Å². The van der Waals surface area contributed by atoms with E-state index in [-0.39, 0.29) is 0 Å². The van der Waals surface area contributed by atoms with Crippen molar-refractivity contribution in [2.24, 2.45) is 5.92 Å². The minimum atomic E-state index is -2.31. The summed E-state index contributed by atoms with van der Waals surface area (Å²) in [5, 5.41) is 0. The minimum absolute atomic E-state index is 0.333. The maximum Gasteiger partial charge on any atom is 0.525 e. The first-order valence-corrected chi connectivity index (χ1v) is 7.15. The van der Waals surface area contributed by atoms with Crippen LogP contribution in [-0.2, 0) is 9.31 Å². The summed E-state index contributed by atoms with van der Waals surface area (Å²) in [5.41, 5.74) is -1.03. The van der Waals surface area contributed by atoms with Crippen molar-refractivity contribution in [3.63, 3.8) is 0 Å². The molecule has 0 N–H and O–H groups in total. The number of halogens is 3. The molecule has 2 rings (SSSR count). The third-order valence-corrected chi connectivity index (χ3v) is 4.79. The van der Waals surface area contributed by atoms with Crippen molar-refractivity contribution in [3.8, 4) is 0 Å². The van der Waals surface area contributed by atoms with E-state index in [0.29, 0.717) is 31.3 Å².